The Hall–Kier alpha value is -4.05. The Morgan fingerprint density at radius 3 is 2.49 bits per heavy atom. The highest BCUT2D eigenvalue weighted by molar-refractivity contribution is 6.20. The minimum Gasteiger partial charge on any atom is -0.392 e. The molecule has 1 saturated carbocycles. The molecule has 0 spiro atoms. The number of aliphatic imine (C=N–C) groups is 1. The molecule has 2 aliphatic rings. The third kappa shape index (κ3) is 7.30. The molecule has 43 heavy (non-hydrogen) atoms. The number of halogens is 3. The number of anilines is 1. The van der Waals surface area contributed by atoms with Gasteiger partial charge in [-0.25, -0.2) is 4.99 Å². The maximum Gasteiger partial charge on any atom is 0.416 e. The van der Waals surface area contributed by atoms with E-state index in [1.165, 1.54) is 17.0 Å². The van der Waals surface area contributed by atoms with Crippen LogP contribution in [-0.2, 0) is 22.3 Å². The predicted octanol–water partition coefficient (Wildman–Crippen LogP) is 5.89. The maximum absolute atomic E-state index is 14.2. The van der Waals surface area contributed by atoms with Crippen LogP contribution in [0.1, 0.15) is 67.7 Å². The summed E-state index contributed by atoms with van der Waals surface area (Å²) in [6.45, 7) is 2.15. The van der Waals surface area contributed by atoms with Crippen molar-refractivity contribution in [2.45, 2.75) is 70.4 Å². The van der Waals surface area contributed by atoms with Gasteiger partial charge >= 0.3 is 6.18 Å². The van der Waals surface area contributed by atoms with Gasteiger partial charge in [-0.15, -0.1) is 0 Å². The number of para-hydroxylation sites is 1. The van der Waals surface area contributed by atoms with Crippen LogP contribution in [0, 0.1) is 11.8 Å². The molecule has 1 unspecified atom stereocenters. The minimum absolute atomic E-state index is 0.135. The number of aromatic nitrogens is 1. The molecule has 0 saturated heterocycles. The van der Waals surface area contributed by atoms with Crippen LogP contribution in [0.5, 0.6) is 0 Å². The Morgan fingerprint density at radius 2 is 1.84 bits per heavy atom. The number of benzene rings is 2. The van der Waals surface area contributed by atoms with Crippen molar-refractivity contribution in [1.29, 1.82) is 0 Å². The molecule has 226 valence electrons. The number of pyridine rings is 1. The number of carbonyl (C=O) groups excluding carboxylic acids is 2. The van der Waals surface area contributed by atoms with E-state index < -0.39 is 41.7 Å². The number of aliphatic hydroxyl groups excluding tert-OH is 1. The highest BCUT2D eigenvalue weighted by atomic mass is 19.4. The topological polar surface area (TPSA) is 94.9 Å². The van der Waals surface area contributed by atoms with Crippen molar-refractivity contribution in [1.82, 2.24) is 10.3 Å². The molecule has 3 aromatic rings. The van der Waals surface area contributed by atoms with Crippen LogP contribution in [0.2, 0.25) is 0 Å². The summed E-state index contributed by atoms with van der Waals surface area (Å²) in [6, 6.07) is 15.2. The number of unbranched alkanes of at least 4 members (excludes halogenated alkanes) is 1. The highest BCUT2D eigenvalue weighted by Crippen LogP contribution is 2.37. The summed E-state index contributed by atoms with van der Waals surface area (Å²) in [7, 11) is 0. The van der Waals surface area contributed by atoms with E-state index in [1.54, 1.807) is 42.7 Å². The number of rotatable bonds is 11. The maximum atomic E-state index is 14.2. The van der Waals surface area contributed by atoms with Crippen LogP contribution in [0.15, 0.2) is 78.0 Å². The number of amides is 2. The molecule has 2 heterocycles. The zero-order valence-electron chi connectivity index (χ0n) is 23.9. The Balaban J connectivity index is 1.55. The van der Waals surface area contributed by atoms with E-state index in [0.29, 0.717) is 35.6 Å². The number of nitrogens with zero attached hydrogens (tertiary/aromatic N) is 3. The molecule has 10 heteroatoms. The molecule has 3 atom stereocenters. The molecule has 0 bridgehead atoms. The van der Waals surface area contributed by atoms with Crippen molar-refractivity contribution in [2.24, 2.45) is 16.8 Å². The van der Waals surface area contributed by atoms with Gasteiger partial charge in [0.25, 0.3) is 5.91 Å². The van der Waals surface area contributed by atoms with E-state index in [-0.39, 0.29) is 12.3 Å². The molecule has 7 nitrogen and oxygen atoms in total. The monoisotopic (exact) mass is 592 g/mol. The first-order valence-electron chi connectivity index (χ1n) is 14.7. The fourth-order valence-corrected chi connectivity index (χ4v) is 5.42. The van der Waals surface area contributed by atoms with Gasteiger partial charge in [0, 0.05) is 23.5 Å². The number of nitrogens with one attached hydrogen (secondary N) is 1. The van der Waals surface area contributed by atoms with E-state index in [1.807, 2.05) is 13.0 Å². The van der Waals surface area contributed by atoms with Crippen molar-refractivity contribution in [3.8, 4) is 0 Å². The van der Waals surface area contributed by atoms with Gasteiger partial charge in [0.15, 0.2) is 0 Å². The second kappa shape index (κ2) is 13.1. The molecule has 1 aliphatic heterocycles. The average molecular weight is 593 g/mol. The zero-order chi connectivity index (χ0) is 30.6. The molecule has 2 amide bonds. The fraction of sp³-hybridized carbons (Fsp3) is 0.394. The lowest BCUT2D eigenvalue weighted by atomic mass is 9.91. The number of hydrogen-bond acceptors (Lipinski definition) is 5. The smallest absolute Gasteiger partial charge is 0.392 e. The number of hydrogen-bond donors (Lipinski definition) is 2. The Kier molecular flexibility index (Phi) is 9.25. The normalized spacial score (nSPS) is 18.3. The first-order valence-corrected chi connectivity index (χ1v) is 14.7. The van der Waals surface area contributed by atoms with E-state index in [2.05, 4.69) is 10.3 Å². The third-order valence-corrected chi connectivity index (χ3v) is 7.98. The molecule has 1 aromatic heterocycles. The standard InChI is InChI=1S/C33H35F3N4O3/c1-2-3-10-28(41)26(18-21-11-12-21)31(42)39-30-32(43)40(20-22-7-6-17-37-19-22)27-9-5-4-8-25(27)29(38-30)23-13-15-24(16-14-23)33(34,35)36/h4-9,13-17,19,21,26,28,30,41H,2-3,10-12,18,20H2,1H3,(H,39,42)/t26-,28-,30?/m0/s1. The Bertz CT molecular complexity index is 1460. The lowest BCUT2D eigenvalue weighted by Gasteiger charge is -2.27. The van der Waals surface area contributed by atoms with Gasteiger partial charge in [-0.3, -0.25) is 14.6 Å². The van der Waals surface area contributed by atoms with Gasteiger partial charge in [0.1, 0.15) is 0 Å². The van der Waals surface area contributed by atoms with E-state index in [9.17, 15) is 27.9 Å². The van der Waals surface area contributed by atoms with E-state index in [0.717, 1.165) is 43.4 Å². The molecule has 5 rings (SSSR count). The van der Waals surface area contributed by atoms with E-state index in [4.69, 9.17) is 4.99 Å². The number of carbonyl (C=O) groups is 2. The summed E-state index contributed by atoms with van der Waals surface area (Å²) in [4.78, 5) is 38.3. The summed E-state index contributed by atoms with van der Waals surface area (Å²) in [5, 5.41) is 13.8. The molecule has 2 aromatic carbocycles. The Labute approximate surface area is 248 Å². The van der Waals surface area contributed by atoms with E-state index >= 15 is 0 Å². The summed E-state index contributed by atoms with van der Waals surface area (Å²) in [5.74, 6) is -1.31. The van der Waals surface area contributed by atoms with Crippen LogP contribution in [-0.4, -0.2) is 39.9 Å². The first kappa shape index (κ1) is 30.4. The summed E-state index contributed by atoms with van der Waals surface area (Å²) < 4.78 is 40.0. The number of fused-ring (bicyclic) bond motifs is 1. The lowest BCUT2D eigenvalue weighted by molar-refractivity contribution is -0.137. The number of aliphatic hydroxyl groups is 1. The second-order valence-corrected chi connectivity index (χ2v) is 11.3. The zero-order valence-corrected chi connectivity index (χ0v) is 23.9. The van der Waals surface area contributed by atoms with Gasteiger partial charge in [0.05, 0.1) is 35.5 Å². The van der Waals surface area contributed by atoms with Crippen LogP contribution in [0.25, 0.3) is 0 Å². The molecule has 1 fully saturated rings. The van der Waals surface area contributed by atoms with Crippen molar-refractivity contribution in [3.05, 3.63) is 95.3 Å². The largest absolute Gasteiger partial charge is 0.416 e. The summed E-state index contributed by atoms with van der Waals surface area (Å²) >= 11 is 0. The van der Waals surface area contributed by atoms with Crippen molar-refractivity contribution in [2.75, 3.05) is 4.90 Å². The lowest BCUT2D eigenvalue weighted by Crippen LogP contribution is -2.50. The average Bonchev–Trinajstić information content (AvgIpc) is 3.84. The number of alkyl halides is 3. The minimum atomic E-state index is -4.51. The van der Waals surface area contributed by atoms with Crippen LogP contribution in [0.4, 0.5) is 18.9 Å². The van der Waals surface area contributed by atoms with Gasteiger partial charge in [-0.2, -0.15) is 13.2 Å². The molecule has 2 N–H and O–H groups in total. The fourth-order valence-electron chi connectivity index (χ4n) is 5.42. The van der Waals surface area contributed by atoms with Gasteiger partial charge in [-0.05, 0) is 48.6 Å². The summed E-state index contributed by atoms with van der Waals surface area (Å²) in [6.07, 6.45) is 1.16. The quantitative estimate of drug-likeness (QED) is 0.290. The Morgan fingerprint density at radius 1 is 1.09 bits per heavy atom. The van der Waals surface area contributed by atoms with Crippen molar-refractivity contribution < 1.29 is 27.9 Å². The second-order valence-electron chi connectivity index (χ2n) is 11.3. The third-order valence-electron chi connectivity index (χ3n) is 7.98. The number of benzodiazepines with no additional fused rings is 1. The van der Waals surface area contributed by atoms with Crippen LogP contribution in [0.3, 0.4) is 0 Å². The van der Waals surface area contributed by atoms with Crippen LogP contribution < -0.4 is 10.2 Å². The summed E-state index contributed by atoms with van der Waals surface area (Å²) in [5.41, 5.74) is 1.63. The van der Waals surface area contributed by atoms with Crippen molar-refractivity contribution >= 4 is 23.2 Å². The van der Waals surface area contributed by atoms with Gasteiger partial charge in [0.2, 0.25) is 12.1 Å². The van der Waals surface area contributed by atoms with Crippen LogP contribution >= 0.6 is 0 Å². The van der Waals surface area contributed by atoms with Gasteiger partial charge < -0.3 is 15.3 Å². The molecule has 1 aliphatic carbocycles. The molecular formula is C33H35F3N4O3. The molecule has 0 radical (unpaired) electrons. The van der Waals surface area contributed by atoms with Crippen molar-refractivity contribution in [3.63, 3.8) is 0 Å². The van der Waals surface area contributed by atoms with Gasteiger partial charge in [-0.1, -0.05) is 69.0 Å². The highest BCUT2D eigenvalue weighted by Gasteiger charge is 2.38. The SMILES string of the molecule is CCCC[C@H](O)[C@H](CC1CC1)C(=O)NC1N=C(c2ccc(C(F)(F)F)cc2)c2ccccc2N(Cc2cccnc2)C1=O. The molecular weight excluding hydrogens is 557 g/mol. The predicted molar refractivity (Wildman–Crippen MR) is 157 cm³/mol. The first-order chi connectivity index (χ1) is 20.7.